The lowest BCUT2D eigenvalue weighted by molar-refractivity contribution is 0.911. The Hall–Kier alpha value is -0.780. The van der Waals surface area contributed by atoms with Gasteiger partial charge in [-0.05, 0) is 25.8 Å². The molecule has 0 fully saturated rings. The minimum atomic E-state index is 1.15. The molecule has 0 rings (SSSR count). The van der Waals surface area contributed by atoms with Crippen molar-refractivity contribution < 1.29 is 0 Å². The Morgan fingerprint density at radius 2 is 2.09 bits per heavy atom. The summed E-state index contributed by atoms with van der Waals surface area (Å²) in [6.45, 7) is 10.1. The lowest BCUT2D eigenvalue weighted by Crippen LogP contribution is -1.83. The van der Waals surface area contributed by atoms with Crippen molar-refractivity contribution in [1.82, 2.24) is 0 Å². The Bertz CT molecular complexity index is 170. The summed E-state index contributed by atoms with van der Waals surface area (Å²) in [4.78, 5) is 0. The van der Waals surface area contributed by atoms with Gasteiger partial charge in [-0.2, -0.15) is 0 Å². The second-order valence-electron chi connectivity index (χ2n) is 2.65. The van der Waals surface area contributed by atoms with E-state index in [2.05, 4.69) is 39.5 Å². The summed E-state index contributed by atoms with van der Waals surface area (Å²) in [6, 6.07) is 0. The van der Waals surface area contributed by atoms with Gasteiger partial charge in [0.2, 0.25) is 0 Å². The van der Waals surface area contributed by atoms with Crippen molar-refractivity contribution in [2.75, 3.05) is 0 Å². The zero-order chi connectivity index (χ0) is 8.69. The van der Waals surface area contributed by atoms with Crippen LogP contribution >= 0.6 is 0 Å². The van der Waals surface area contributed by atoms with Crippen LogP contribution in [0.5, 0.6) is 0 Å². The van der Waals surface area contributed by atoms with E-state index in [-0.39, 0.29) is 0 Å². The van der Waals surface area contributed by atoms with Crippen LogP contribution in [0.4, 0.5) is 0 Å². The fraction of sp³-hybridized carbons (Fsp3) is 0.455. The van der Waals surface area contributed by atoms with Crippen molar-refractivity contribution >= 4 is 0 Å². The van der Waals surface area contributed by atoms with Crippen LogP contribution in [-0.4, -0.2) is 0 Å². The average molecular weight is 150 g/mol. The quantitative estimate of drug-likeness (QED) is 0.534. The van der Waals surface area contributed by atoms with Crippen LogP contribution in [0.2, 0.25) is 0 Å². The molecule has 0 saturated carbocycles. The number of allylic oxidation sites excluding steroid dienone is 5. The van der Waals surface area contributed by atoms with Crippen LogP contribution in [-0.2, 0) is 0 Å². The fourth-order valence-electron chi connectivity index (χ4n) is 1.01. The molecule has 0 radical (unpaired) electrons. The molecule has 0 atom stereocenters. The maximum atomic E-state index is 3.70. The van der Waals surface area contributed by atoms with E-state index in [0.717, 1.165) is 6.42 Å². The molecule has 0 aliphatic carbocycles. The molecule has 0 aliphatic rings. The van der Waals surface area contributed by atoms with Crippen molar-refractivity contribution in [3.63, 3.8) is 0 Å². The molecule has 0 amide bonds. The molecular formula is C11H18. The molecule has 0 heterocycles. The van der Waals surface area contributed by atoms with E-state index in [4.69, 9.17) is 0 Å². The first-order chi connectivity index (χ1) is 5.26. The third-order valence-corrected chi connectivity index (χ3v) is 1.78. The topological polar surface area (TPSA) is 0 Å². The zero-order valence-electron chi connectivity index (χ0n) is 7.85. The third kappa shape index (κ3) is 3.82. The van der Waals surface area contributed by atoms with Gasteiger partial charge in [0.05, 0.1) is 0 Å². The monoisotopic (exact) mass is 150 g/mol. The molecule has 0 saturated heterocycles. The molecule has 11 heavy (non-hydrogen) atoms. The highest BCUT2D eigenvalue weighted by atomic mass is 14.0. The number of hydrogen-bond acceptors (Lipinski definition) is 0. The lowest BCUT2D eigenvalue weighted by Gasteiger charge is -2.03. The van der Waals surface area contributed by atoms with E-state index < -0.39 is 0 Å². The summed E-state index contributed by atoms with van der Waals surface area (Å²) in [5, 5.41) is 0. The minimum Gasteiger partial charge on any atom is -0.0991 e. The summed E-state index contributed by atoms with van der Waals surface area (Å²) >= 11 is 0. The smallest absolute Gasteiger partial charge is 0.0279 e. The van der Waals surface area contributed by atoms with E-state index >= 15 is 0 Å². The van der Waals surface area contributed by atoms with Gasteiger partial charge in [-0.3, -0.25) is 0 Å². The second kappa shape index (κ2) is 5.96. The van der Waals surface area contributed by atoms with Gasteiger partial charge in [0.25, 0.3) is 0 Å². The first kappa shape index (κ1) is 10.2. The van der Waals surface area contributed by atoms with Crippen LogP contribution < -0.4 is 0 Å². The van der Waals surface area contributed by atoms with Crippen LogP contribution in [0.25, 0.3) is 0 Å². The fourth-order valence-corrected chi connectivity index (χ4v) is 1.01. The normalized spacial score (nSPS) is 13.4. The van der Waals surface area contributed by atoms with Crippen molar-refractivity contribution in [3.05, 3.63) is 36.0 Å². The summed E-state index contributed by atoms with van der Waals surface area (Å²) in [5.74, 6) is 0. The minimum absolute atomic E-state index is 1.15. The van der Waals surface area contributed by atoms with E-state index in [9.17, 15) is 0 Å². The first-order valence-electron chi connectivity index (χ1n) is 4.21. The first-order valence-corrected chi connectivity index (χ1v) is 4.21. The Kier molecular flexibility index (Phi) is 5.54. The molecule has 0 N–H and O–H groups in total. The molecule has 0 aromatic rings. The van der Waals surface area contributed by atoms with Gasteiger partial charge in [-0.15, -0.1) is 0 Å². The van der Waals surface area contributed by atoms with Crippen LogP contribution in [0.1, 0.15) is 33.6 Å². The molecule has 0 aromatic carbocycles. The van der Waals surface area contributed by atoms with Gasteiger partial charge < -0.3 is 0 Å². The van der Waals surface area contributed by atoms with E-state index in [1.165, 1.54) is 17.6 Å². The predicted octanol–water partition coefficient (Wildman–Crippen LogP) is 3.87. The Morgan fingerprint density at radius 3 is 2.45 bits per heavy atom. The predicted molar refractivity (Wildman–Crippen MR) is 52.6 cm³/mol. The van der Waals surface area contributed by atoms with Crippen LogP contribution in [0, 0.1) is 0 Å². The molecule has 62 valence electrons. The molecule has 0 nitrogen and oxygen atoms in total. The number of hydrogen-bond donors (Lipinski definition) is 0. The van der Waals surface area contributed by atoms with Gasteiger partial charge in [0.1, 0.15) is 0 Å². The van der Waals surface area contributed by atoms with Gasteiger partial charge in [-0.1, -0.05) is 43.7 Å². The molecule has 0 unspecified atom stereocenters. The summed E-state index contributed by atoms with van der Waals surface area (Å²) in [5.41, 5.74) is 2.77. The molecule has 0 heteroatoms. The van der Waals surface area contributed by atoms with Crippen molar-refractivity contribution in [3.8, 4) is 0 Å². The highest BCUT2D eigenvalue weighted by molar-refractivity contribution is 5.31. The van der Waals surface area contributed by atoms with Crippen molar-refractivity contribution in [2.45, 2.75) is 33.6 Å². The summed E-state index contributed by atoms with van der Waals surface area (Å²) in [7, 11) is 0. The van der Waals surface area contributed by atoms with Crippen LogP contribution in [0.15, 0.2) is 36.0 Å². The largest absolute Gasteiger partial charge is 0.0991 e. The van der Waals surface area contributed by atoms with Gasteiger partial charge in [0, 0.05) is 0 Å². The van der Waals surface area contributed by atoms with Crippen LogP contribution in [0.3, 0.4) is 0 Å². The highest BCUT2D eigenvalue weighted by Crippen LogP contribution is 2.14. The molecule has 0 spiro atoms. The third-order valence-electron chi connectivity index (χ3n) is 1.78. The Morgan fingerprint density at radius 1 is 1.45 bits per heavy atom. The Labute approximate surface area is 70.3 Å². The van der Waals surface area contributed by atoms with Gasteiger partial charge in [0.15, 0.2) is 0 Å². The number of rotatable bonds is 4. The SMILES string of the molecule is C=C/C=C(CCC)\C(C)=C/C. The van der Waals surface area contributed by atoms with Crippen molar-refractivity contribution in [1.29, 1.82) is 0 Å². The molecular weight excluding hydrogens is 132 g/mol. The van der Waals surface area contributed by atoms with E-state index in [1.807, 2.05) is 6.08 Å². The van der Waals surface area contributed by atoms with Gasteiger partial charge >= 0.3 is 0 Å². The van der Waals surface area contributed by atoms with Gasteiger partial charge in [-0.25, -0.2) is 0 Å². The molecule has 0 bridgehead atoms. The second-order valence-corrected chi connectivity index (χ2v) is 2.65. The lowest BCUT2D eigenvalue weighted by atomic mass is 10.0. The highest BCUT2D eigenvalue weighted by Gasteiger charge is 1.94. The molecule has 0 aromatic heterocycles. The standard InChI is InChI=1S/C11H18/c1-5-8-11(9-6-2)10(4)7-3/h5,7-8H,1,6,9H2,2-4H3/b10-7-,11-8-. The Balaban J connectivity index is 4.33. The van der Waals surface area contributed by atoms with E-state index in [0.29, 0.717) is 0 Å². The molecule has 0 aliphatic heterocycles. The summed E-state index contributed by atoms with van der Waals surface area (Å²) < 4.78 is 0. The van der Waals surface area contributed by atoms with E-state index in [1.54, 1.807) is 0 Å². The van der Waals surface area contributed by atoms with Crippen molar-refractivity contribution in [2.24, 2.45) is 0 Å². The maximum Gasteiger partial charge on any atom is -0.0279 e. The maximum absolute atomic E-state index is 3.70. The average Bonchev–Trinajstić information content (AvgIpc) is 2.03. The zero-order valence-corrected chi connectivity index (χ0v) is 7.85. The summed E-state index contributed by atoms with van der Waals surface area (Å²) in [6.07, 6.45) is 8.45.